The molecule has 92 valence electrons. The Bertz CT molecular complexity index is 562. The number of hydrogen-bond donors (Lipinski definition) is 0. The van der Waals surface area contributed by atoms with Crippen LogP contribution in [0.4, 0.5) is 5.69 Å². The van der Waals surface area contributed by atoms with Gasteiger partial charge in [-0.25, -0.2) is 0 Å². The van der Waals surface area contributed by atoms with Crippen LogP contribution in [-0.2, 0) is 6.42 Å². The lowest BCUT2D eigenvalue weighted by Gasteiger charge is -2.32. The molecule has 18 heavy (non-hydrogen) atoms. The summed E-state index contributed by atoms with van der Waals surface area (Å²) in [5.74, 6) is 0.646. The Hall–Kier alpha value is -1.61. The van der Waals surface area contributed by atoms with E-state index in [2.05, 4.69) is 13.0 Å². The number of nitrogens with zero attached hydrogens (tertiary/aromatic N) is 1. The van der Waals surface area contributed by atoms with Crippen LogP contribution in [0.1, 0.15) is 22.2 Å². The van der Waals surface area contributed by atoms with Crippen LogP contribution in [0.25, 0.3) is 0 Å². The van der Waals surface area contributed by atoms with E-state index in [0.29, 0.717) is 5.92 Å². The van der Waals surface area contributed by atoms with E-state index in [1.54, 1.807) is 0 Å². The lowest BCUT2D eigenvalue weighted by Crippen LogP contribution is -2.38. The van der Waals surface area contributed by atoms with Gasteiger partial charge < -0.3 is 4.90 Å². The van der Waals surface area contributed by atoms with Crippen molar-refractivity contribution < 1.29 is 4.79 Å². The molecule has 1 unspecified atom stereocenters. The van der Waals surface area contributed by atoms with Gasteiger partial charge in [0.15, 0.2) is 0 Å². The van der Waals surface area contributed by atoms with E-state index < -0.39 is 0 Å². The van der Waals surface area contributed by atoms with Crippen molar-refractivity contribution in [3.8, 4) is 0 Å². The normalized spacial score (nSPS) is 18.5. The minimum atomic E-state index is 0.129. The standard InChI is InChI=1S/C15H15NOS/c1-11-9-12-5-2-3-6-13(12)16(10-11)15(17)14-7-4-8-18-14/h2-8,11H,9-10H2,1H3. The number of para-hydroxylation sites is 1. The van der Waals surface area contributed by atoms with Gasteiger partial charge in [0.25, 0.3) is 5.91 Å². The SMILES string of the molecule is CC1Cc2ccccc2N(C(=O)c2cccs2)C1. The summed E-state index contributed by atoms with van der Waals surface area (Å²) in [5.41, 5.74) is 2.36. The number of carbonyl (C=O) groups excluding carboxylic acids is 1. The van der Waals surface area contributed by atoms with Gasteiger partial charge in [0.05, 0.1) is 4.88 Å². The summed E-state index contributed by atoms with van der Waals surface area (Å²) in [4.78, 5) is 15.2. The van der Waals surface area contributed by atoms with Crippen LogP contribution in [0, 0.1) is 5.92 Å². The highest BCUT2D eigenvalue weighted by Gasteiger charge is 2.27. The molecule has 0 aliphatic carbocycles. The zero-order valence-corrected chi connectivity index (χ0v) is 11.1. The molecule has 1 aromatic carbocycles. The van der Waals surface area contributed by atoms with E-state index in [0.717, 1.165) is 23.5 Å². The second-order valence-corrected chi connectivity index (χ2v) is 5.78. The Morgan fingerprint density at radius 2 is 2.11 bits per heavy atom. The zero-order chi connectivity index (χ0) is 12.5. The average molecular weight is 257 g/mol. The van der Waals surface area contributed by atoms with Crippen LogP contribution in [-0.4, -0.2) is 12.5 Å². The number of rotatable bonds is 1. The average Bonchev–Trinajstić information content (AvgIpc) is 2.90. The second kappa shape index (κ2) is 4.58. The maximum Gasteiger partial charge on any atom is 0.268 e. The molecular formula is C15H15NOS. The fraction of sp³-hybridized carbons (Fsp3) is 0.267. The third-order valence-corrected chi connectivity index (χ3v) is 4.18. The fourth-order valence-electron chi connectivity index (χ4n) is 2.52. The van der Waals surface area contributed by atoms with Gasteiger partial charge in [0, 0.05) is 12.2 Å². The van der Waals surface area contributed by atoms with Crippen molar-refractivity contribution in [2.75, 3.05) is 11.4 Å². The summed E-state index contributed by atoms with van der Waals surface area (Å²) in [6.45, 7) is 3.01. The molecule has 2 aromatic rings. The van der Waals surface area contributed by atoms with Gasteiger partial charge in [-0.05, 0) is 35.4 Å². The summed E-state index contributed by atoms with van der Waals surface area (Å²) in [6.07, 6.45) is 1.06. The van der Waals surface area contributed by atoms with Crippen molar-refractivity contribution in [1.82, 2.24) is 0 Å². The van der Waals surface area contributed by atoms with Gasteiger partial charge in [-0.1, -0.05) is 31.2 Å². The molecule has 0 spiro atoms. The zero-order valence-electron chi connectivity index (χ0n) is 10.3. The first-order valence-corrected chi connectivity index (χ1v) is 7.07. The molecule has 0 radical (unpaired) electrons. The van der Waals surface area contributed by atoms with Crippen LogP contribution >= 0.6 is 11.3 Å². The quantitative estimate of drug-likeness (QED) is 0.764. The molecule has 2 heterocycles. The topological polar surface area (TPSA) is 20.3 Å². The summed E-state index contributed by atoms with van der Waals surface area (Å²) in [7, 11) is 0. The van der Waals surface area contributed by atoms with Gasteiger partial charge in [-0.2, -0.15) is 0 Å². The molecule has 0 bridgehead atoms. The van der Waals surface area contributed by atoms with E-state index in [1.165, 1.54) is 16.9 Å². The van der Waals surface area contributed by atoms with Crippen LogP contribution in [0.5, 0.6) is 0 Å². The molecule has 0 saturated heterocycles. The molecule has 1 aliphatic heterocycles. The van der Waals surface area contributed by atoms with Gasteiger partial charge >= 0.3 is 0 Å². The molecule has 0 N–H and O–H groups in total. The van der Waals surface area contributed by atoms with E-state index in [1.807, 2.05) is 40.6 Å². The van der Waals surface area contributed by atoms with Crippen LogP contribution in [0.2, 0.25) is 0 Å². The molecular weight excluding hydrogens is 242 g/mol. The number of amides is 1. The summed E-state index contributed by atoms with van der Waals surface area (Å²) in [6, 6.07) is 12.0. The molecule has 1 amide bonds. The highest BCUT2D eigenvalue weighted by Crippen LogP contribution is 2.31. The Balaban J connectivity index is 2.00. The molecule has 1 aromatic heterocycles. The number of hydrogen-bond acceptors (Lipinski definition) is 2. The molecule has 1 atom stereocenters. The van der Waals surface area contributed by atoms with Crippen molar-refractivity contribution >= 4 is 22.9 Å². The predicted molar refractivity (Wildman–Crippen MR) is 75.3 cm³/mol. The Kier molecular flexibility index (Phi) is 2.92. The maximum absolute atomic E-state index is 12.5. The van der Waals surface area contributed by atoms with Crippen LogP contribution in [0.15, 0.2) is 41.8 Å². The first kappa shape index (κ1) is 11.5. The van der Waals surface area contributed by atoms with E-state index in [9.17, 15) is 4.79 Å². The van der Waals surface area contributed by atoms with Crippen molar-refractivity contribution in [2.24, 2.45) is 5.92 Å². The largest absolute Gasteiger partial charge is 0.307 e. The monoisotopic (exact) mass is 257 g/mol. The maximum atomic E-state index is 12.5. The molecule has 0 fully saturated rings. The highest BCUT2D eigenvalue weighted by atomic mass is 32.1. The van der Waals surface area contributed by atoms with Crippen molar-refractivity contribution in [1.29, 1.82) is 0 Å². The molecule has 0 saturated carbocycles. The third kappa shape index (κ3) is 1.95. The van der Waals surface area contributed by atoms with Crippen LogP contribution < -0.4 is 4.90 Å². The van der Waals surface area contributed by atoms with Gasteiger partial charge in [0.1, 0.15) is 0 Å². The fourth-order valence-corrected chi connectivity index (χ4v) is 3.19. The number of benzene rings is 1. The minimum absolute atomic E-state index is 0.129. The van der Waals surface area contributed by atoms with Crippen molar-refractivity contribution in [3.05, 3.63) is 52.2 Å². The number of anilines is 1. The lowest BCUT2D eigenvalue weighted by molar-refractivity contribution is 0.0985. The number of thiophene rings is 1. The van der Waals surface area contributed by atoms with Crippen molar-refractivity contribution in [2.45, 2.75) is 13.3 Å². The van der Waals surface area contributed by atoms with Crippen molar-refractivity contribution in [3.63, 3.8) is 0 Å². The Morgan fingerprint density at radius 3 is 2.89 bits per heavy atom. The Morgan fingerprint density at radius 1 is 1.28 bits per heavy atom. The summed E-state index contributed by atoms with van der Waals surface area (Å²) >= 11 is 1.51. The van der Waals surface area contributed by atoms with Gasteiger partial charge in [0.2, 0.25) is 0 Å². The molecule has 2 nitrogen and oxygen atoms in total. The second-order valence-electron chi connectivity index (χ2n) is 4.83. The molecule has 3 heteroatoms. The van der Waals surface area contributed by atoms with Gasteiger partial charge in [-0.15, -0.1) is 11.3 Å². The summed E-state index contributed by atoms with van der Waals surface area (Å²) < 4.78 is 0. The number of fused-ring (bicyclic) bond motifs is 1. The van der Waals surface area contributed by atoms with E-state index in [4.69, 9.17) is 0 Å². The molecule has 1 aliphatic rings. The third-order valence-electron chi connectivity index (χ3n) is 3.32. The van der Waals surface area contributed by atoms with E-state index >= 15 is 0 Å². The summed E-state index contributed by atoms with van der Waals surface area (Å²) in [5, 5.41) is 1.95. The molecule has 3 rings (SSSR count). The lowest BCUT2D eigenvalue weighted by atomic mass is 9.94. The number of carbonyl (C=O) groups is 1. The van der Waals surface area contributed by atoms with Gasteiger partial charge in [-0.3, -0.25) is 4.79 Å². The van der Waals surface area contributed by atoms with E-state index in [-0.39, 0.29) is 5.91 Å². The van der Waals surface area contributed by atoms with Crippen LogP contribution in [0.3, 0.4) is 0 Å². The highest BCUT2D eigenvalue weighted by molar-refractivity contribution is 7.12. The first-order valence-electron chi connectivity index (χ1n) is 6.19. The first-order chi connectivity index (χ1) is 8.75. The predicted octanol–water partition coefficient (Wildman–Crippen LogP) is 3.59. The minimum Gasteiger partial charge on any atom is -0.307 e. The Labute approximate surface area is 111 Å². The smallest absolute Gasteiger partial charge is 0.268 e.